The molecule has 0 spiro atoms. The van der Waals surface area contributed by atoms with E-state index in [1.807, 2.05) is 0 Å². The molecule has 2 N–H and O–H groups in total. The van der Waals surface area contributed by atoms with Gasteiger partial charge in [0.15, 0.2) is 5.11 Å². The fourth-order valence-corrected chi connectivity index (χ4v) is 4.33. The first kappa shape index (κ1) is 16.2. The third-order valence-electron chi connectivity index (χ3n) is 3.64. The monoisotopic (exact) mass is 326 g/mol. The minimum atomic E-state index is -0.277. The number of fused-ring (bicyclic) bond motifs is 1. The van der Waals surface area contributed by atoms with Crippen molar-refractivity contribution in [3.05, 3.63) is 16.0 Å². The van der Waals surface area contributed by atoms with Gasteiger partial charge in [-0.15, -0.1) is 11.3 Å². The number of thiocarbonyl (C=S) groups is 1. The zero-order chi connectivity index (χ0) is 15.4. The van der Waals surface area contributed by atoms with Crippen LogP contribution >= 0.6 is 23.6 Å². The first-order chi connectivity index (χ1) is 10.1. The maximum absolute atomic E-state index is 12.0. The minimum absolute atomic E-state index is 0.277. The van der Waals surface area contributed by atoms with Crippen LogP contribution in [0.15, 0.2) is 0 Å². The van der Waals surface area contributed by atoms with E-state index >= 15 is 0 Å². The second-order valence-corrected chi connectivity index (χ2v) is 6.85. The predicted molar refractivity (Wildman–Crippen MR) is 91.4 cm³/mol. The van der Waals surface area contributed by atoms with Crippen molar-refractivity contribution in [1.29, 1.82) is 0 Å². The van der Waals surface area contributed by atoms with E-state index in [4.69, 9.17) is 17.0 Å². The summed E-state index contributed by atoms with van der Waals surface area (Å²) in [5.74, 6) is -0.277. The number of carbonyl (C=O) groups excluding carboxylic acids is 1. The lowest BCUT2D eigenvalue weighted by molar-refractivity contribution is 0.0601. The van der Waals surface area contributed by atoms with Crippen molar-refractivity contribution < 1.29 is 9.53 Å². The van der Waals surface area contributed by atoms with Crippen molar-refractivity contribution in [2.75, 3.05) is 12.4 Å². The molecule has 0 saturated carbocycles. The summed E-state index contributed by atoms with van der Waals surface area (Å²) in [6.45, 7) is 4.25. The summed E-state index contributed by atoms with van der Waals surface area (Å²) in [5.41, 5.74) is 1.81. The molecular formula is C15H22N2O2S2. The van der Waals surface area contributed by atoms with Crippen LogP contribution in [0.2, 0.25) is 0 Å². The number of hydrogen-bond donors (Lipinski definition) is 2. The Morgan fingerprint density at radius 2 is 2.24 bits per heavy atom. The average molecular weight is 326 g/mol. The highest BCUT2D eigenvalue weighted by Gasteiger charge is 2.27. The zero-order valence-corrected chi connectivity index (χ0v) is 14.4. The van der Waals surface area contributed by atoms with Crippen LogP contribution in [0, 0.1) is 0 Å². The normalized spacial score (nSPS) is 14.4. The van der Waals surface area contributed by atoms with E-state index in [1.165, 1.54) is 12.0 Å². The van der Waals surface area contributed by atoms with Gasteiger partial charge in [-0.3, -0.25) is 0 Å². The molecular weight excluding hydrogens is 304 g/mol. The molecule has 0 fully saturated rings. The van der Waals surface area contributed by atoms with Gasteiger partial charge in [0.1, 0.15) is 5.00 Å². The Kier molecular flexibility index (Phi) is 5.58. The Bertz CT molecular complexity index is 540. The standard InChI is InChI=1S/C15H22N2O2S2/c1-4-6-9(2)16-15(20)17-13-12(14(18)19-3)10-7-5-8-11(10)21-13/h9H,4-8H2,1-3H3,(H2,16,17,20). The second kappa shape index (κ2) is 7.22. The first-order valence-corrected chi connectivity index (χ1v) is 8.59. The van der Waals surface area contributed by atoms with Gasteiger partial charge in [0.05, 0.1) is 12.7 Å². The van der Waals surface area contributed by atoms with Crippen LogP contribution in [0.4, 0.5) is 5.00 Å². The highest BCUT2D eigenvalue weighted by atomic mass is 32.1. The summed E-state index contributed by atoms with van der Waals surface area (Å²) in [7, 11) is 1.42. The molecule has 0 saturated heterocycles. The molecule has 116 valence electrons. The van der Waals surface area contributed by atoms with Crippen molar-refractivity contribution in [3.63, 3.8) is 0 Å². The summed E-state index contributed by atoms with van der Waals surface area (Å²) < 4.78 is 4.93. The summed E-state index contributed by atoms with van der Waals surface area (Å²) in [6, 6.07) is 0.323. The van der Waals surface area contributed by atoms with E-state index in [2.05, 4.69) is 24.5 Å². The molecule has 1 aromatic rings. The van der Waals surface area contributed by atoms with Gasteiger partial charge in [-0.1, -0.05) is 13.3 Å². The van der Waals surface area contributed by atoms with E-state index in [0.29, 0.717) is 16.7 Å². The topological polar surface area (TPSA) is 50.4 Å². The molecule has 0 aromatic carbocycles. The number of carbonyl (C=O) groups is 1. The molecule has 21 heavy (non-hydrogen) atoms. The number of methoxy groups -OCH3 is 1. The summed E-state index contributed by atoms with van der Waals surface area (Å²) in [4.78, 5) is 13.3. The molecule has 1 unspecified atom stereocenters. The lowest BCUT2D eigenvalue weighted by Crippen LogP contribution is -2.35. The molecule has 1 aromatic heterocycles. The summed E-state index contributed by atoms with van der Waals surface area (Å²) in [6.07, 6.45) is 5.27. The molecule has 1 aliphatic rings. The minimum Gasteiger partial charge on any atom is -0.465 e. The summed E-state index contributed by atoms with van der Waals surface area (Å²) in [5, 5.41) is 7.82. The number of rotatable bonds is 5. The predicted octanol–water partition coefficient (Wildman–Crippen LogP) is 3.50. The Hall–Kier alpha value is -1.14. The molecule has 4 nitrogen and oxygen atoms in total. The molecule has 0 aliphatic heterocycles. The number of anilines is 1. The van der Waals surface area contributed by atoms with E-state index < -0.39 is 0 Å². The molecule has 0 amide bonds. The molecule has 1 aliphatic carbocycles. The maximum Gasteiger partial charge on any atom is 0.341 e. The van der Waals surface area contributed by atoms with Gasteiger partial charge in [-0.05, 0) is 50.4 Å². The number of thiophene rings is 1. The lowest BCUT2D eigenvalue weighted by atomic mass is 10.1. The largest absolute Gasteiger partial charge is 0.465 e. The maximum atomic E-state index is 12.0. The molecule has 6 heteroatoms. The Morgan fingerprint density at radius 1 is 1.48 bits per heavy atom. The Balaban J connectivity index is 2.13. The van der Waals surface area contributed by atoms with Crippen LogP contribution in [0.3, 0.4) is 0 Å². The van der Waals surface area contributed by atoms with Crippen molar-refractivity contribution >= 4 is 39.6 Å². The van der Waals surface area contributed by atoms with E-state index in [1.54, 1.807) is 11.3 Å². The van der Waals surface area contributed by atoms with Crippen LogP contribution in [0.25, 0.3) is 0 Å². The van der Waals surface area contributed by atoms with Crippen molar-refractivity contribution in [3.8, 4) is 0 Å². The Labute approximate surface area is 135 Å². The van der Waals surface area contributed by atoms with Gasteiger partial charge in [0.2, 0.25) is 0 Å². The van der Waals surface area contributed by atoms with Gasteiger partial charge in [-0.2, -0.15) is 0 Å². The zero-order valence-electron chi connectivity index (χ0n) is 12.7. The molecule has 1 heterocycles. The molecule has 1 atom stereocenters. The van der Waals surface area contributed by atoms with Crippen LogP contribution < -0.4 is 10.6 Å². The number of ether oxygens (including phenoxy) is 1. The SMILES string of the molecule is CCCC(C)NC(=S)Nc1sc2c(c1C(=O)OC)CCC2. The number of nitrogens with one attached hydrogen (secondary N) is 2. The number of aryl methyl sites for hydroxylation is 1. The van der Waals surface area contributed by atoms with Crippen LogP contribution in [-0.4, -0.2) is 24.2 Å². The second-order valence-electron chi connectivity index (χ2n) is 5.34. The fourth-order valence-electron chi connectivity index (χ4n) is 2.68. The van der Waals surface area contributed by atoms with Gasteiger partial charge in [0.25, 0.3) is 0 Å². The van der Waals surface area contributed by atoms with Gasteiger partial charge in [0, 0.05) is 10.9 Å². The molecule has 2 rings (SSSR count). The third-order valence-corrected chi connectivity index (χ3v) is 5.06. The van der Waals surface area contributed by atoms with Gasteiger partial charge >= 0.3 is 5.97 Å². The van der Waals surface area contributed by atoms with Crippen molar-refractivity contribution in [1.82, 2.24) is 5.32 Å². The third kappa shape index (κ3) is 3.74. The van der Waals surface area contributed by atoms with E-state index in [0.717, 1.165) is 42.7 Å². The fraction of sp³-hybridized carbons (Fsp3) is 0.600. The van der Waals surface area contributed by atoms with Crippen LogP contribution in [-0.2, 0) is 17.6 Å². The van der Waals surface area contributed by atoms with E-state index in [9.17, 15) is 4.79 Å². The smallest absolute Gasteiger partial charge is 0.341 e. The Morgan fingerprint density at radius 3 is 2.90 bits per heavy atom. The summed E-state index contributed by atoms with van der Waals surface area (Å²) >= 11 is 6.97. The van der Waals surface area contributed by atoms with E-state index in [-0.39, 0.29) is 5.97 Å². The first-order valence-electron chi connectivity index (χ1n) is 7.37. The van der Waals surface area contributed by atoms with Crippen LogP contribution in [0.5, 0.6) is 0 Å². The molecule has 0 bridgehead atoms. The number of esters is 1. The highest BCUT2D eigenvalue weighted by Crippen LogP contribution is 2.39. The number of hydrogen-bond acceptors (Lipinski definition) is 4. The molecule has 0 radical (unpaired) electrons. The quantitative estimate of drug-likeness (QED) is 0.641. The lowest BCUT2D eigenvalue weighted by Gasteiger charge is -2.16. The highest BCUT2D eigenvalue weighted by molar-refractivity contribution is 7.80. The van der Waals surface area contributed by atoms with Crippen LogP contribution in [0.1, 0.15) is 53.9 Å². The van der Waals surface area contributed by atoms with Gasteiger partial charge < -0.3 is 15.4 Å². The van der Waals surface area contributed by atoms with Crippen molar-refractivity contribution in [2.45, 2.75) is 52.0 Å². The van der Waals surface area contributed by atoms with Crippen molar-refractivity contribution in [2.24, 2.45) is 0 Å². The average Bonchev–Trinajstić information content (AvgIpc) is 2.98. The van der Waals surface area contributed by atoms with Gasteiger partial charge in [-0.25, -0.2) is 4.79 Å².